The summed E-state index contributed by atoms with van der Waals surface area (Å²) < 4.78 is 2.37. The summed E-state index contributed by atoms with van der Waals surface area (Å²) in [5, 5.41) is 0. The molecule has 0 rings (SSSR count). The smallest absolute Gasteiger partial charge is 0.321 e. The van der Waals surface area contributed by atoms with Crippen LogP contribution < -0.4 is 0 Å². The summed E-state index contributed by atoms with van der Waals surface area (Å²) in [6.45, 7) is 4.81. The van der Waals surface area contributed by atoms with Gasteiger partial charge in [0, 0.05) is 13.1 Å². The van der Waals surface area contributed by atoms with Crippen molar-refractivity contribution < 1.29 is 0 Å². The fourth-order valence-electron chi connectivity index (χ4n) is 1.14. The van der Waals surface area contributed by atoms with E-state index in [2.05, 4.69) is 41.9 Å². The standard InChI is InChI=1S/C9H22N3.Al.2H/c1-10-6-5-7-12(4)9-8-11(2)3;;;/h5-9H2,1-4H3;;;/q-1;+1;;. The second-order valence-corrected chi connectivity index (χ2v) is 5.79. The van der Waals surface area contributed by atoms with Gasteiger partial charge in [-0.2, -0.15) is 0 Å². The second-order valence-electron chi connectivity index (χ2n) is 4.26. The third kappa shape index (κ3) is 10.3. The predicted octanol–water partition coefficient (Wildman–Crippen LogP) is -0.650. The van der Waals surface area contributed by atoms with Crippen molar-refractivity contribution in [1.29, 1.82) is 0 Å². The quantitative estimate of drug-likeness (QED) is 0.507. The maximum atomic E-state index is 2.41. The van der Waals surface area contributed by atoms with Crippen molar-refractivity contribution in [2.75, 3.05) is 54.4 Å². The molecule has 0 aliphatic carbocycles. The predicted molar refractivity (Wildman–Crippen MR) is 61.8 cm³/mol. The van der Waals surface area contributed by atoms with E-state index in [4.69, 9.17) is 0 Å². The highest BCUT2D eigenvalue weighted by Gasteiger charge is 1.98. The molecule has 0 heterocycles. The van der Waals surface area contributed by atoms with Gasteiger partial charge in [0.2, 0.25) is 0 Å². The SMILES string of the molecule is CN(C)CCN(C)CCC[N](C)[AlH2]. The molecule has 0 N–H and O–H groups in total. The first-order valence-corrected chi connectivity index (χ1v) is 5.90. The molecular formula is C9H24AlN3. The lowest BCUT2D eigenvalue weighted by Crippen LogP contribution is -2.30. The highest BCUT2D eigenvalue weighted by atomic mass is 27.1. The van der Waals surface area contributed by atoms with Crippen LogP contribution >= 0.6 is 0 Å². The molecule has 0 bridgehead atoms. The molecule has 0 amide bonds. The minimum atomic E-state index is 1.16. The summed E-state index contributed by atoms with van der Waals surface area (Å²) in [4.78, 5) is 4.64. The molecule has 0 aromatic heterocycles. The molecule has 0 spiro atoms. The zero-order valence-corrected chi connectivity index (χ0v) is 11.9. The van der Waals surface area contributed by atoms with Gasteiger partial charge in [0.1, 0.15) is 0 Å². The van der Waals surface area contributed by atoms with E-state index in [1.807, 2.05) is 0 Å². The maximum Gasteiger partial charge on any atom is 0.321 e. The van der Waals surface area contributed by atoms with Gasteiger partial charge in [0.15, 0.2) is 0 Å². The lowest BCUT2D eigenvalue weighted by Gasteiger charge is -2.20. The number of hydrogen-bond donors (Lipinski definition) is 0. The first-order chi connectivity index (χ1) is 6.02. The number of hydrogen-bond acceptors (Lipinski definition) is 3. The van der Waals surface area contributed by atoms with Gasteiger partial charge in [-0.25, -0.2) is 0 Å². The molecule has 0 aliphatic rings. The molecule has 0 atom stereocenters. The minimum Gasteiger partial charge on any atom is -0.393 e. The first-order valence-electron chi connectivity index (χ1n) is 5.00. The van der Waals surface area contributed by atoms with Crippen molar-refractivity contribution in [3.63, 3.8) is 0 Å². The van der Waals surface area contributed by atoms with Gasteiger partial charge in [0.25, 0.3) is 0 Å². The molecule has 0 fully saturated rings. The Hall–Kier alpha value is 0.412. The summed E-state index contributed by atoms with van der Waals surface area (Å²) >= 11 is 1.19. The van der Waals surface area contributed by atoms with Gasteiger partial charge in [0.05, 0.1) is 0 Å². The van der Waals surface area contributed by atoms with Crippen LogP contribution in [0.5, 0.6) is 0 Å². The van der Waals surface area contributed by atoms with E-state index in [0.29, 0.717) is 0 Å². The van der Waals surface area contributed by atoms with Crippen LogP contribution in [0.15, 0.2) is 0 Å². The molecule has 78 valence electrons. The lowest BCUT2D eigenvalue weighted by atomic mass is 10.4. The van der Waals surface area contributed by atoms with Crippen LogP contribution in [0.25, 0.3) is 0 Å². The minimum absolute atomic E-state index is 1.16. The number of rotatable bonds is 7. The second kappa shape index (κ2) is 7.78. The van der Waals surface area contributed by atoms with Gasteiger partial charge in [-0.15, -0.1) is 0 Å². The number of likely N-dealkylation sites (N-methyl/N-ethyl adjacent to an activating group) is 2. The molecule has 0 saturated heterocycles. The van der Waals surface area contributed by atoms with Crippen LogP contribution in [0.1, 0.15) is 6.42 Å². The Bertz CT molecular complexity index is 117. The average Bonchev–Trinajstić information content (AvgIpc) is 2.00. The average molecular weight is 201 g/mol. The fraction of sp³-hybridized carbons (Fsp3) is 1.00. The Labute approximate surface area is 91.3 Å². The third-order valence-electron chi connectivity index (χ3n) is 2.07. The van der Waals surface area contributed by atoms with Crippen LogP contribution in [0.2, 0.25) is 0 Å². The zero-order valence-electron chi connectivity index (χ0n) is 9.88. The highest BCUT2D eigenvalue weighted by molar-refractivity contribution is 6.04. The van der Waals surface area contributed by atoms with Crippen molar-refractivity contribution in [2.24, 2.45) is 0 Å². The van der Waals surface area contributed by atoms with Gasteiger partial charge < -0.3 is 13.7 Å². The molecule has 0 saturated carbocycles. The van der Waals surface area contributed by atoms with Gasteiger partial charge >= 0.3 is 16.5 Å². The lowest BCUT2D eigenvalue weighted by molar-refractivity contribution is 0.274. The van der Waals surface area contributed by atoms with E-state index in [-0.39, 0.29) is 0 Å². The summed E-state index contributed by atoms with van der Waals surface area (Å²) in [7, 11) is 8.64. The summed E-state index contributed by atoms with van der Waals surface area (Å²) in [5.74, 6) is 0. The summed E-state index contributed by atoms with van der Waals surface area (Å²) in [5.41, 5.74) is 0. The zero-order chi connectivity index (χ0) is 10.3. The monoisotopic (exact) mass is 201 g/mol. The van der Waals surface area contributed by atoms with Crippen LogP contribution in [0.4, 0.5) is 0 Å². The normalized spacial score (nSPS) is 11.9. The topological polar surface area (TPSA) is 9.72 Å². The van der Waals surface area contributed by atoms with Crippen molar-refractivity contribution in [3.05, 3.63) is 0 Å². The van der Waals surface area contributed by atoms with Crippen LogP contribution in [-0.2, 0) is 0 Å². The molecule has 3 nitrogen and oxygen atoms in total. The molecule has 0 aliphatic heterocycles. The summed E-state index contributed by atoms with van der Waals surface area (Å²) in [6.07, 6.45) is 1.30. The van der Waals surface area contributed by atoms with E-state index in [1.54, 1.807) is 0 Å². The van der Waals surface area contributed by atoms with E-state index in [9.17, 15) is 0 Å². The van der Waals surface area contributed by atoms with Crippen molar-refractivity contribution in [2.45, 2.75) is 6.42 Å². The third-order valence-corrected chi connectivity index (χ3v) is 2.52. The summed E-state index contributed by atoms with van der Waals surface area (Å²) in [6, 6.07) is 0. The van der Waals surface area contributed by atoms with E-state index in [0.717, 1.165) is 6.54 Å². The Morgan fingerprint density at radius 1 is 0.846 bits per heavy atom. The van der Waals surface area contributed by atoms with Crippen LogP contribution in [0.3, 0.4) is 0 Å². The van der Waals surface area contributed by atoms with Gasteiger partial charge in [-0.3, -0.25) is 0 Å². The van der Waals surface area contributed by atoms with Crippen LogP contribution in [0, 0.1) is 0 Å². The van der Waals surface area contributed by atoms with E-state index in [1.165, 1.54) is 42.6 Å². The van der Waals surface area contributed by atoms with Gasteiger partial charge in [-0.1, -0.05) is 0 Å². The largest absolute Gasteiger partial charge is 0.393 e. The Morgan fingerprint density at radius 3 is 1.92 bits per heavy atom. The Morgan fingerprint density at radius 2 is 1.46 bits per heavy atom. The highest BCUT2D eigenvalue weighted by Crippen LogP contribution is 1.89. The fourth-order valence-corrected chi connectivity index (χ4v) is 1.46. The van der Waals surface area contributed by atoms with Crippen LogP contribution in [-0.4, -0.2) is 84.6 Å². The molecule has 0 aromatic carbocycles. The Balaban J connectivity index is 3.25. The maximum absolute atomic E-state index is 2.41. The molecule has 0 radical (unpaired) electrons. The van der Waals surface area contributed by atoms with E-state index >= 15 is 0 Å². The molecule has 0 aromatic rings. The van der Waals surface area contributed by atoms with Crippen molar-refractivity contribution in [3.8, 4) is 0 Å². The molecule has 0 unspecified atom stereocenters. The van der Waals surface area contributed by atoms with E-state index < -0.39 is 0 Å². The molecular weight excluding hydrogens is 177 g/mol. The van der Waals surface area contributed by atoms with Crippen molar-refractivity contribution in [1.82, 2.24) is 13.7 Å². The molecule has 13 heavy (non-hydrogen) atoms. The van der Waals surface area contributed by atoms with Gasteiger partial charge in [-0.05, 0) is 47.7 Å². The number of nitrogens with zero attached hydrogens (tertiary/aromatic N) is 3. The van der Waals surface area contributed by atoms with Crippen molar-refractivity contribution >= 4 is 16.5 Å². The Kier molecular flexibility index (Phi) is 8.03. The first kappa shape index (κ1) is 13.4. The molecule has 4 heteroatoms.